The van der Waals surface area contributed by atoms with Crippen molar-refractivity contribution < 1.29 is 13.9 Å². The Morgan fingerprint density at radius 2 is 2.19 bits per heavy atom. The number of hydrogen-bond donors (Lipinski definition) is 0. The highest BCUT2D eigenvalue weighted by molar-refractivity contribution is 5.91. The minimum Gasteiger partial charge on any atom is -0.459 e. The quantitative estimate of drug-likeness (QED) is 0.798. The topological polar surface area (TPSA) is 42.7 Å². The minimum absolute atomic E-state index is 0.00137. The van der Waals surface area contributed by atoms with E-state index in [1.807, 2.05) is 4.90 Å². The van der Waals surface area contributed by atoms with Gasteiger partial charge in [0.2, 0.25) is 0 Å². The first-order valence-corrected chi connectivity index (χ1v) is 8.00. The van der Waals surface area contributed by atoms with Crippen molar-refractivity contribution >= 4 is 5.91 Å². The minimum atomic E-state index is -0.287. The molecule has 21 heavy (non-hydrogen) atoms. The summed E-state index contributed by atoms with van der Waals surface area (Å²) in [5.41, 5.74) is -0.405. The molecule has 1 amide bonds. The molecule has 3 aliphatic rings. The highest BCUT2D eigenvalue weighted by Gasteiger charge is 2.57. The molecule has 0 radical (unpaired) electrons. The summed E-state index contributed by atoms with van der Waals surface area (Å²) in [4.78, 5) is 14.6. The summed E-state index contributed by atoms with van der Waals surface area (Å²) >= 11 is 0. The van der Waals surface area contributed by atoms with Gasteiger partial charge in [0.05, 0.1) is 24.0 Å². The molecular formula is C17H23NO3. The predicted octanol–water partition coefficient (Wildman–Crippen LogP) is 3.09. The molecule has 4 heteroatoms. The molecular weight excluding hydrogens is 266 g/mol. The Morgan fingerprint density at radius 3 is 2.81 bits per heavy atom. The van der Waals surface area contributed by atoms with Crippen molar-refractivity contribution in [3.63, 3.8) is 0 Å². The van der Waals surface area contributed by atoms with Gasteiger partial charge in [-0.2, -0.15) is 0 Å². The summed E-state index contributed by atoms with van der Waals surface area (Å²) in [6.07, 6.45) is 6.54. The first-order valence-electron chi connectivity index (χ1n) is 8.00. The van der Waals surface area contributed by atoms with E-state index in [1.54, 1.807) is 18.4 Å². The predicted molar refractivity (Wildman–Crippen MR) is 78.0 cm³/mol. The van der Waals surface area contributed by atoms with E-state index >= 15 is 0 Å². The highest BCUT2D eigenvalue weighted by atomic mass is 16.5. The molecule has 4 rings (SSSR count). The number of morpholine rings is 1. The van der Waals surface area contributed by atoms with Crippen LogP contribution in [-0.4, -0.2) is 35.1 Å². The van der Waals surface area contributed by atoms with E-state index in [1.165, 1.54) is 19.3 Å². The molecule has 0 unspecified atom stereocenters. The summed E-state index contributed by atoms with van der Waals surface area (Å²) in [5, 5.41) is 0. The van der Waals surface area contributed by atoms with Gasteiger partial charge in [0, 0.05) is 6.54 Å². The van der Waals surface area contributed by atoms with E-state index in [0.29, 0.717) is 18.2 Å². The standard InChI is InChI=1S/C17H23NO3/c1-16(2)10-18(15(19)14-4-3-7-20-14)11-17(21-16)9-12-5-6-13(17)8-12/h3-4,7,12-13H,5-6,8-11H2,1-2H3/t12-,13+,17+/m1/s1. The van der Waals surface area contributed by atoms with Gasteiger partial charge >= 0.3 is 0 Å². The van der Waals surface area contributed by atoms with E-state index in [4.69, 9.17) is 9.15 Å². The number of fused-ring (bicyclic) bond motifs is 3. The fourth-order valence-electron chi connectivity index (χ4n) is 4.87. The van der Waals surface area contributed by atoms with E-state index < -0.39 is 0 Å². The SMILES string of the molecule is CC1(C)CN(C(=O)c2ccco2)C[C@]2(C[C@@H]3CC[C@H]2C3)O1. The van der Waals surface area contributed by atoms with Crippen LogP contribution in [0, 0.1) is 11.8 Å². The number of furan rings is 1. The normalized spacial score (nSPS) is 37.3. The van der Waals surface area contributed by atoms with Gasteiger partial charge in [-0.1, -0.05) is 0 Å². The van der Waals surface area contributed by atoms with E-state index in [0.717, 1.165) is 18.9 Å². The Kier molecular flexibility index (Phi) is 2.77. The van der Waals surface area contributed by atoms with Crippen LogP contribution in [0.15, 0.2) is 22.8 Å². The van der Waals surface area contributed by atoms with E-state index in [9.17, 15) is 4.79 Å². The molecule has 2 heterocycles. The molecule has 0 aromatic carbocycles. The molecule has 2 saturated carbocycles. The molecule has 1 aromatic heterocycles. The number of carbonyl (C=O) groups is 1. The third-order valence-electron chi connectivity index (χ3n) is 5.45. The van der Waals surface area contributed by atoms with Crippen molar-refractivity contribution in [1.29, 1.82) is 0 Å². The lowest BCUT2D eigenvalue weighted by molar-refractivity contribution is -0.208. The smallest absolute Gasteiger partial charge is 0.289 e. The fraction of sp³-hybridized carbons (Fsp3) is 0.706. The van der Waals surface area contributed by atoms with Gasteiger partial charge in [0.25, 0.3) is 5.91 Å². The third kappa shape index (κ3) is 2.11. The van der Waals surface area contributed by atoms with Gasteiger partial charge < -0.3 is 14.1 Å². The highest BCUT2D eigenvalue weighted by Crippen LogP contribution is 2.55. The van der Waals surface area contributed by atoms with Crippen LogP contribution in [0.4, 0.5) is 0 Å². The van der Waals surface area contributed by atoms with Gasteiger partial charge in [-0.25, -0.2) is 0 Å². The maximum Gasteiger partial charge on any atom is 0.289 e. The number of rotatable bonds is 1. The van der Waals surface area contributed by atoms with Crippen molar-refractivity contribution in [2.24, 2.45) is 11.8 Å². The summed E-state index contributed by atoms with van der Waals surface area (Å²) in [7, 11) is 0. The molecule has 1 saturated heterocycles. The molecule has 1 aliphatic heterocycles. The summed E-state index contributed by atoms with van der Waals surface area (Å²) in [6.45, 7) is 5.55. The maximum atomic E-state index is 12.7. The van der Waals surface area contributed by atoms with Crippen LogP contribution in [0.3, 0.4) is 0 Å². The number of carbonyl (C=O) groups excluding carboxylic acids is 1. The van der Waals surface area contributed by atoms with Gasteiger partial charge in [0.15, 0.2) is 5.76 Å². The fourth-order valence-corrected chi connectivity index (χ4v) is 4.87. The number of nitrogens with zero attached hydrogens (tertiary/aromatic N) is 1. The molecule has 3 fully saturated rings. The first kappa shape index (κ1) is 13.4. The van der Waals surface area contributed by atoms with Crippen LogP contribution in [0.25, 0.3) is 0 Å². The average molecular weight is 289 g/mol. The van der Waals surface area contributed by atoms with Gasteiger partial charge in [-0.05, 0) is 63.5 Å². The summed E-state index contributed by atoms with van der Waals surface area (Å²) < 4.78 is 11.8. The Labute approximate surface area is 125 Å². The summed E-state index contributed by atoms with van der Waals surface area (Å²) in [6, 6.07) is 3.52. The van der Waals surface area contributed by atoms with Gasteiger partial charge in [0.1, 0.15) is 0 Å². The van der Waals surface area contributed by atoms with Crippen LogP contribution in [-0.2, 0) is 4.74 Å². The Hall–Kier alpha value is -1.29. The third-order valence-corrected chi connectivity index (χ3v) is 5.45. The van der Waals surface area contributed by atoms with Crippen molar-refractivity contribution in [1.82, 2.24) is 4.90 Å². The van der Waals surface area contributed by atoms with Crippen LogP contribution < -0.4 is 0 Å². The van der Waals surface area contributed by atoms with E-state index in [-0.39, 0.29) is 17.1 Å². The molecule has 114 valence electrons. The lowest BCUT2D eigenvalue weighted by Crippen LogP contribution is -2.62. The van der Waals surface area contributed by atoms with Crippen molar-refractivity contribution in [3.05, 3.63) is 24.2 Å². The zero-order valence-electron chi connectivity index (χ0n) is 12.8. The van der Waals surface area contributed by atoms with Crippen molar-refractivity contribution in [2.75, 3.05) is 13.1 Å². The lowest BCUT2D eigenvalue weighted by atomic mass is 9.81. The molecule has 0 N–H and O–H groups in total. The Bertz CT molecular complexity index is 550. The van der Waals surface area contributed by atoms with Crippen LogP contribution in [0.5, 0.6) is 0 Å². The Balaban J connectivity index is 1.62. The zero-order valence-corrected chi connectivity index (χ0v) is 12.8. The number of hydrogen-bond acceptors (Lipinski definition) is 3. The van der Waals surface area contributed by atoms with E-state index in [2.05, 4.69) is 13.8 Å². The van der Waals surface area contributed by atoms with Crippen molar-refractivity contribution in [2.45, 2.75) is 50.7 Å². The van der Waals surface area contributed by atoms with Crippen LogP contribution in [0.1, 0.15) is 50.1 Å². The first-order chi connectivity index (χ1) is 9.97. The average Bonchev–Trinajstić information content (AvgIpc) is 3.11. The lowest BCUT2D eigenvalue weighted by Gasteiger charge is -2.52. The molecule has 2 aliphatic carbocycles. The second-order valence-corrected chi connectivity index (χ2v) is 7.65. The second kappa shape index (κ2) is 4.35. The van der Waals surface area contributed by atoms with Crippen LogP contribution in [0.2, 0.25) is 0 Å². The van der Waals surface area contributed by atoms with Gasteiger partial charge in [-0.15, -0.1) is 0 Å². The molecule has 2 bridgehead atoms. The zero-order chi connectivity index (χ0) is 14.7. The maximum absolute atomic E-state index is 12.7. The number of ether oxygens (including phenoxy) is 1. The Morgan fingerprint density at radius 1 is 1.33 bits per heavy atom. The monoisotopic (exact) mass is 289 g/mol. The summed E-state index contributed by atoms with van der Waals surface area (Å²) in [5.74, 6) is 1.85. The molecule has 4 nitrogen and oxygen atoms in total. The van der Waals surface area contributed by atoms with Crippen molar-refractivity contribution in [3.8, 4) is 0 Å². The second-order valence-electron chi connectivity index (χ2n) is 7.65. The molecule has 1 aromatic rings. The number of amides is 1. The largest absolute Gasteiger partial charge is 0.459 e. The van der Waals surface area contributed by atoms with Gasteiger partial charge in [-0.3, -0.25) is 4.79 Å². The van der Waals surface area contributed by atoms with Crippen LogP contribution >= 0.6 is 0 Å². The molecule has 3 atom stereocenters. The molecule has 1 spiro atoms.